The summed E-state index contributed by atoms with van der Waals surface area (Å²) < 4.78 is 17.4. The zero-order chi connectivity index (χ0) is 11.4. The topological polar surface area (TPSA) is 27.7 Å². The smallest absolute Gasteiger partial charge is 0.168 e. The fourth-order valence-electron chi connectivity index (χ4n) is 2.77. The lowest BCUT2D eigenvalue weighted by Gasteiger charge is -2.29. The lowest BCUT2D eigenvalue weighted by molar-refractivity contribution is -0.229. The number of methoxy groups -OCH3 is 1. The molecule has 2 rings (SSSR count). The summed E-state index contributed by atoms with van der Waals surface area (Å²) in [7, 11) is 1.76. The van der Waals surface area contributed by atoms with Crippen molar-refractivity contribution in [2.75, 3.05) is 13.7 Å². The molecule has 1 aliphatic carbocycles. The fourth-order valence-corrected chi connectivity index (χ4v) is 2.77. The van der Waals surface area contributed by atoms with Crippen molar-refractivity contribution in [1.29, 1.82) is 0 Å². The first-order valence-corrected chi connectivity index (χ1v) is 6.62. The largest absolute Gasteiger partial charge is 0.373 e. The van der Waals surface area contributed by atoms with E-state index in [0.29, 0.717) is 12.7 Å². The number of hydrogen-bond acceptors (Lipinski definition) is 3. The standard InChI is InChI=1S/C13H24O3/c1-3-11-6-7-12(16-11)10-15-13(14-2)8-4-5-9-13/h11-12H,3-10H2,1-2H3. The van der Waals surface area contributed by atoms with Gasteiger partial charge in [0.1, 0.15) is 0 Å². The van der Waals surface area contributed by atoms with Crippen molar-refractivity contribution in [2.24, 2.45) is 0 Å². The SMILES string of the molecule is CCC1CCC(COC2(OC)CCCC2)O1. The summed E-state index contributed by atoms with van der Waals surface area (Å²) in [5.74, 6) is -0.298. The highest BCUT2D eigenvalue weighted by Crippen LogP contribution is 2.34. The summed E-state index contributed by atoms with van der Waals surface area (Å²) in [6, 6.07) is 0. The van der Waals surface area contributed by atoms with Crippen molar-refractivity contribution >= 4 is 0 Å². The second kappa shape index (κ2) is 5.48. The summed E-state index contributed by atoms with van der Waals surface area (Å²) in [6.45, 7) is 2.88. The summed E-state index contributed by atoms with van der Waals surface area (Å²) in [4.78, 5) is 0. The van der Waals surface area contributed by atoms with E-state index in [1.165, 1.54) is 19.3 Å². The molecule has 0 aromatic carbocycles. The molecule has 0 aromatic rings. The first-order chi connectivity index (χ1) is 7.78. The number of rotatable bonds is 5. The molecule has 0 spiro atoms. The second-order valence-corrected chi connectivity index (χ2v) is 5.00. The molecule has 2 unspecified atom stereocenters. The van der Waals surface area contributed by atoms with Gasteiger partial charge in [-0.2, -0.15) is 0 Å². The Morgan fingerprint density at radius 1 is 1.19 bits per heavy atom. The predicted octanol–water partition coefficient (Wildman–Crippen LogP) is 2.88. The molecular weight excluding hydrogens is 204 g/mol. The highest BCUT2D eigenvalue weighted by molar-refractivity contribution is 4.79. The molecular formula is C13H24O3. The highest BCUT2D eigenvalue weighted by Gasteiger charge is 2.36. The third kappa shape index (κ3) is 2.76. The lowest BCUT2D eigenvalue weighted by Crippen LogP contribution is -2.34. The molecule has 1 heterocycles. The van der Waals surface area contributed by atoms with Crippen LogP contribution < -0.4 is 0 Å². The molecule has 1 saturated heterocycles. The molecule has 1 aliphatic heterocycles. The van der Waals surface area contributed by atoms with Crippen molar-refractivity contribution in [3.8, 4) is 0 Å². The van der Waals surface area contributed by atoms with Crippen LogP contribution in [0, 0.1) is 0 Å². The molecule has 1 saturated carbocycles. The zero-order valence-corrected chi connectivity index (χ0v) is 10.5. The van der Waals surface area contributed by atoms with Gasteiger partial charge in [-0.15, -0.1) is 0 Å². The maximum Gasteiger partial charge on any atom is 0.168 e. The molecule has 0 radical (unpaired) electrons. The Morgan fingerprint density at radius 3 is 2.44 bits per heavy atom. The number of hydrogen-bond donors (Lipinski definition) is 0. The van der Waals surface area contributed by atoms with Gasteiger partial charge >= 0.3 is 0 Å². The van der Waals surface area contributed by atoms with E-state index in [9.17, 15) is 0 Å². The molecule has 0 N–H and O–H groups in total. The van der Waals surface area contributed by atoms with Crippen molar-refractivity contribution in [3.63, 3.8) is 0 Å². The van der Waals surface area contributed by atoms with E-state index in [0.717, 1.165) is 25.7 Å². The van der Waals surface area contributed by atoms with Gasteiger partial charge in [0.05, 0.1) is 18.8 Å². The van der Waals surface area contributed by atoms with Gasteiger partial charge in [0.2, 0.25) is 0 Å². The van der Waals surface area contributed by atoms with Crippen LogP contribution in [0.5, 0.6) is 0 Å². The van der Waals surface area contributed by atoms with E-state index in [-0.39, 0.29) is 11.9 Å². The van der Waals surface area contributed by atoms with E-state index >= 15 is 0 Å². The van der Waals surface area contributed by atoms with Crippen molar-refractivity contribution in [3.05, 3.63) is 0 Å². The Kier molecular flexibility index (Phi) is 4.22. The summed E-state index contributed by atoms with van der Waals surface area (Å²) in [5.41, 5.74) is 0. The van der Waals surface area contributed by atoms with Crippen LogP contribution in [0.15, 0.2) is 0 Å². The van der Waals surface area contributed by atoms with Crippen molar-refractivity contribution in [1.82, 2.24) is 0 Å². The van der Waals surface area contributed by atoms with E-state index in [4.69, 9.17) is 14.2 Å². The first-order valence-electron chi connectivity index (χ1n) is 6.62. The van der Waals surface area contributed by atoms with Crippen LogP contribution in [0.2, 0.25) is 0 Å². The third-order valence-corrected chi connectivity index (χ3v) is 3.92. The maximum absolute atomic E-state index is 5.97. The third-order valence-electron chi connectivity index (χ3n) is 3.92. The van der Waals surface area contributed by atoms with Gasteiger partial charge in [-0.1, -0.05) is 6.92 Å². The van der Waals surface area contributed by atoms with Crippen LogP contribution >= 0.6 is 0 Å². The van der Waals surface area contributed by atoms with E-state index in [1.807, 2.05) is 0 Å². The molecule has 0 amide bonds. The quantitative estimate of drug-likeness (QED) is 0.677. The second-order valence-electron chi connectivity index (χ2n) is 5.00. The van der Waals surface area contributed by atoms with Crippen LogP contribution in [0.1, 0.15) is 51.9 Å². The Morgan fingerprint density at radius 2 is 1.88 bits per heavy atom. The minimum Gasteiger partial charge on any atom is -0.373 e. The average molecular weight is 228 g/mol. The average Bonchev–Trinajstić information content (AvgIpc) is 2.96. The van der Waals surface area contributed by atoms with Gasteiger partial charge < -0.3 is 14.2 Å². The van der Waals surface area contributed by atoms with E-state index in [2.05, 4.69) is 6.92 Å². The Balaban J connectivity index is 1.74. The maximum atomic E-state index is 5.97. The molecule has 3 heteroatoms. The van der Waals surface area contributed by atoms with Crippen LogP contribution in [0.4, 0.5) is 0 Å². The van der Waals surface area contributed by atoms with Gasteiger partial charge in [-0.25, -0.2) is 0 Å². The molecule has 3 nitrogen and oxygen atoms in total. The monoisotopic (exact) mass is 228 g/mol. The Bertz CT molecular complexity index is 211. The lowest BCUT2D eigenvalue weighted by atomic mass is 10.1. The highest BCUT2D eigenvalue weighted by atomic mass is 16.7. The van der Waals surface area contributed by atoms with Crippen LogP contribution in [0.3, 0.4) is 0 Å². The predicted molar refractivity (Wildman–Crippen MR) is 62.3 cm³/mol. The summed E-state index contributed by atoms with van der Waals surface area (Å²) >= 11 is 0. The molecule has 0 aromatic heterocycles. The van der Waals surface area contributed by atoms with Crippen LogP contribution in [0.25, 0.3) is 0 Å². The van der Waals surface area contributed by atoms with Gasteiger partial charge in [0, 0.05) is 20.0 Å². The minimum atomic E-state index is -0.298. The molecule has 0 bridgehead atoms. The Hall–Kier alpha value is -0.120. The molecule has 2 aliphatic rings. The minimum absolute atomic E-state index is 0.289. The molecule has 2 atom stereocenters. The fraction of sp³-hybridized carbons (Fsp3) is 1.00. The zero-order valence-electron chi connectivity index (χ0n) is 10.5. The molecule has 16 heavy (non-hydrogen) atoms. The van der Waals surface area contributed by atoms with E-state index in [1.54, 1.807) is 7.11 Å². The Labute approximate surface area is 98.4 Å². The summed E-state index contributed by atoms with van der Waals surface area (Å²) in [5, 5.41) is 0. The van der Waals surface area contributed by atoms with Gasteiger partial charge in [0.25, 0.3) is 0 Å². The van der Waals surface area contributed by atoms with Crippen LogP contribution in [-0.4, -0.2) is 31.7 Å². The van der Waals surface area contributed by atoms with Crippen molar-refractivity contribution in [2.45, 2.75) is 69.9 Å². The normalized spacial score (nSPS) is 33.4. The van der Waals surface area contributed by atoms with Gasteiger partial charge in [-0.3, -0.25) is 0 Å². The van der Waals surface area contributed by atoms with Crippen LogP contribution in [-0.2, 0) is 14.2 Å². The first kappa shape index (κ1) is 12.3. The van der Waals surface area contributed by atoms with Gasteiger partial charge in [-0.05, 0) is 32.1 Å². The number of ether oxygens (including phenoxy) is 3. The molecule has 94 valence electrons. The van der Waals surface area contributed by atoms with Crippen molar-refractivity contribution < 1.29 is 14.2 Å². The molecule has 2 fully saturated rings. The van der Waals surface area contributed by atoms with E-state index < -0.39 is 0 Å². The summed E-state index contributed by atoms with van der Waals surface area (Å²) in [6.07, 6.45) is 8.69. The van der Waals surface area contributed by atoms with Gasteiger partial charge in [0.15, 0.2) is 5.79 Å².